The van der Waals surface area contributed by atoms with Gasteiger partial charge in [-0.05, 0) is 36.4 Å². The van der Waals surface area contributed by atoms with Gasteiger partial charge in [-0.25, -0.2) is 0 Å². The summed E-state index contributed by atoms with van der Waals surface area (Å²) in [6, 6.07) is 15.0. The molecule has 1 heterocycles. The largest absolute Gasteiger partial charge is 0.486 e. The van der Waals surface area contributed by atoms with Crippen LogP contribution in [-0.4, -0.2) is 42.9 Å². The third-order valence-corrected chi connectivity index (χ3v) is 4.90. The van der Waals surface area contributed by atoms with Crippen molar-refractivity contribution >= 4 is 29.3 Å². The van der Waals surface area contributed by atoms with E-state index >= 15 is 0 Å². The Hall–Kier alpha value is -1.85. The molecule has 4 nitrogen and oxygen atoms in total. The minimum absolute atomic E-state index is 0.0532. The third kappa shape index (κ3) is 4.36. The topological polar surface area (TPSA) is 38.8 Å². The number of para-hydroxylation sites is 2. The molecule has 24 heavy (non-hydrogen) atoms. The van der Waals surface area contributed by atoms with Crippen LogP contribution in [0, 0.1) is 0 Å². The molecule has 3 rings (SSSR count). The van der Waals surface area contributed by atoms with E-state index in [9.17, 15) is 4.79 Å². The molecule has 0 radical (unpaired) electrons. The first-order chi connectivity index (χ1) is 11.6. The number of hydrogen-bond donors (Lipinski definition) is 0. The highest BCUT2D eigenvalue weighted by Gasteiger charge is 2.23. The van der Waals surface area contributed by atoms with Gasteiger partial charge in [-0.3, -0.25) is 4.79 Å². The SMILES string of the molecule is CN(CC1COc2ccccc2O1)C(=O)CSc1ccc(Cl)cc1. The maximum atomic E-state index is 12.3. The zero-order chi connectivity index (χ0) is 16.9. The molecule has 0 aromatic heterocycles. The van der Waals surface area contributed by atoms with Crippen molar-refractivity contribution in [2.24, 2.45) is 0 Å². The maximum Gasteiger partial charge on any atom is 0.232 e. The van der Waals surface area contributed by atoms with E-state index in [0.717, 1.165) is 16.4 Å². The molecule has 2 aromatic rings. The maximum absolute atomic E-state index is 12.3. The van der Waals surface area contributed by atoms with E-state index in [-0.39, 0.29) is 12.0 Å². The van der Waals surface area contributed by atoms with Crippen molar-refractivity contribution in [3.8, 4) is 11.5 Å². The molecule has 2 aromatic carbocycles. The molecule has 1 aliphatic rings. The number of carbonyl (C=O) groups excluding carboxylic acids is 1. The van der Waals surface area contributed by atoms with Crippen LogP contribution in [0.25, 0.3) is 0 Å². The molecule has 6 heteroatoms. The summed E-state index contributed by atoms with van der Waals surface area (Å²) in [6.45, 7) is 0.938. The van der Waals surface area contributed by atoms with Crippen molar-refractivity contribution in [3.05, 3.63) is 53.6 Å². The number of halogens is 1. The quantitative estimate of drug-likeness (QED) is 0.759. The van der Waals surface area contributed by atoms with E-state index in [2.05, 4.69) is 0 Å². The van der Waals surface area contributed by atoms with Crippen LogP contribution < -0.4 is 9.47 Å². The molecule has 0 saturated heterocycles. The summed E-state index contributed by atoms with van der Waals surface area (Å²) in [4.78, 5) is 15.0. The van der Waals surface area contributed by atoms with E-state index in [0.29, 0.717) is 23.9 Å². The van der Waals surface area contributed by atoms with Gasteiger partial charge < -0.3 is 14.4 Å². The zero-order valence-corrected chi connectivity index (χ0v) is 14.8. The van der Waals surface area contributed by atoms with E-state index in [1.54, 1.807) is 11.9 Å². The minimum atomic E-state index is -0.158. The molecule has 0 saturated carbocycles. The van der Waals surface area contributed by atoms with E-state index in [1.807, 2.05) is 48.5 Å². The van der Waals surface area contributed by atoms with Gasteiger partial charge in [0.1, 0.15) is 6.61 Å². The predicted molar refractivity (Wildman–Crippen MR) is 96.2 cm³/mol. The highest BCUT2D eigenvalue weighted by atomic mass is 35.5. The molecule has 0 N–H and O–H groups in total. The molecule has 0 aliphatic carbocycles. The Balaban J connectivity index is 1.49. The Morgan fingerprint density at radius 3 is 2.67 bits per heavy atom. The number of rotatable bonds is 5. The first kappa shape index (κ1) is 17.0. The summed E-state index contributed by atoms with van der Waals surface area (Å²) in [5.74, 6) is 1.91. The second-order valence-electron chi connectivity index (χ2n) is 5.51. The standard InChI is InChI=1S/C18H18ClNO3S/c1-20(18(21)12-24-15-8-6-13(19)7-9-15)10-14-11-22-16-4-2-3-5-17(16)23-14/h2-9,14H,10-12H2,1H3. The fourth-order valence-corrected chi connectivity index (χ4v) is 3.31. The first-order valence-electron chi connectivity index (χ1n) is 7.62. The van der Waals surface area contributed by atoms with Gasteiger partial charge in [0.05, 0.1) is 12.3 Å². The normalized spacial score (nSPS) is 15.8. The minimum Gasteiger partial charge on any atom is -0.486 e. The van der Waals surface area contributed by atoms with Crippen LogP contribution in [0.3, 0.4) is 0 Å². The van der Waals surface area contributed by atoms with Gasteiger partial charge >= 0.3 is 0 Å². The van der Waals surface area contributed by atoms with Crippen molar-refractivity contribution in [1.82, 2.24) is 4.90 Å². The van der Waals surface area contributed by atoms with Crippen molar-refractivity contribution in [1.29, 1.82) is 0 Å². The number of thioether (sulfide) groups is 1. The number of nitrogens with zero attached hydrogens (tertiary/aromatic N) is 1. The van der Waals surface area contributed by atoms with Crippen LogP contribution in [0.5, 0.6) is 11.5 Å². The van der Waals surface area contributed by atoms with Gasteiger partial charge in [-0.1, -0.05) is 23.7 Å². The lowest BCUT2D eigenvalue weighted by atomic mass is 10.2. The molecule has 1 amide bonds. The monoisotopic (exact) mass is 363 g/mol. The van der Waals surface area contributed by atoms with Crippen LogP contribution in [0.15, 0.2) is 53.4 Å². The molecule has 0 spiro atoms. The molecule has 0 fully saturated rings. The lowest BCUT2D eigenvalue weighted by molar-refractivity contribution is -0.128. The second kappa shape index (κ2) is 7.81. The fraction of sp³-hybridized carbons (Fsp3) is 0.278. The van der Waals surface area contributed by atoms with E-state index in [4.69, 9.17) is 21.1 Å². The number of ether oxygens (including phenoxy) is 2. The Morgan fingerprint density at radius 2 is 1.92 bits per heavy atom. The lowest BCUT2D eigenvalue weighted by Gasteiger charge is -2.29. The summed E-state index contributed by atoms with van der Waals surface area (Å²) < 4.78 is 11.6. The van der Waals surface area contributed by atoms with Crippen LogP contribution in [-0.2, 0) is 4.79 Å². The average Bonchev–Trinajstić information content (AvgIpc) is 2.61. The number of fused-ring (bicyclic) bond motifs is 1. The van der Waals surface area contributed by atoms with Gasteiger partial charge in [0.15, 0.2) is 17.6 Å². The van der Waals surface area contributed by atoms with Crippen LogP contribution >= 0.6 is 23.4 Å². The van der Waals surface area contributed by atoms with Gasteiger partial charge in [0.2, 0.25) is 5.91 Å². The average molecular weight is 364 g/mol. The van der Waals surface area contributed by atoms with Gasteiger partial charge in [0, 0.05) is 17.0 Å². The lowest BCUT2D eigenvalue weighted by Crippen LogP contribution is -2.42. The highest BCUT2D eigenvalue weighted by Crippen LogP contribution is 2.31. The molecule has 0 bridgehead atoms. The Kier molecular flexibility index (Phi) is 5.53. The summed E-state index contributed by atoms with van der Waals surface area (Å²) in [5, 5.41) is 0.692. The predicted octanol–water partition coefficient (Wildman–Crippen LogP) is 3.73. The molecule has 126 valence electrons. The van der Waals surface area contributed by atoms with Crippen molar-refractivity contribution < 1.29 is 14.3 Å². The Morgan fingerprint density at radius 1 is 1.21 bits per heavy atom. The molecule has 1 atom stereocenters. The number of hydrogen-bond acceptors (Lipinski definition) is 4. The summed E-state index contributed by atoms with van der Waals surface area (Å²) in [7, 11) is 1.79. The zero-order valence-electron chi connectivity index (χ0n) is 13.3. The van der Waals surface area contributed by atoms with E-state index in [1.165, 1.54) is 11.8 Å². The van der Waals surface area contributed by atoms with Crippen LogP contribution in [0.2, 0.25) is 5.02 Å². The first-order valence-corrected chi connectivity index (χ1v) is 8.99. The number of likely N-dealkylation sites (N-methyl/N-ethyl adjacent to an activating group) is 1. The molecular weight excluding hydrogens is 346 g/mol. The fourth-order valence-electron chi connectivity index (χ4n) is 2.35. The van der Waals surface area contributed by atoms with Crippen molar-refractivity contribution in [2.45, 2.75) is 11.0 Å². The number of benzene rings is 2. The molecular formula is C18H18ClNO3S. The van der Waals surface area contributed by atoms with Gasteiger partial charge in [-0.15, -0.1) is 11.8 Å². The Bertz CT molecular complexity index is 708. The molecule has 1 aliphatic heterocycles. The summed E-state index contributed by atoms with van der Waals surface area (Å²) in [6.07, 6.45) is -0.158. The van der Waals surface area contributed by atoms with Crippen LogP contribution in [0.4, 0.5) is 0 Å². The second-order valence-corrected chi connectivity index (χ2v) is 7.00. The number of amides is 1. The van der Waals surface area contributed by atoms with Crippen molar-refractivity contribution in [2.75, 3.05) is 26.0 Å². The van der Waals surface area contributed by atoms with Gasteiger partial charge in [-0.2, -0.15) is 0 Å². The van der Waals surface area contributed by atoms with E-state index < -0.39 is 0 Å². The highest BCUT2D eigenvalue weighted by molar-refractivity contribution is 8.00. The smallest absolute Gasteiger partial charge is 0.232 e. The number of carbonyl (C=O) groups is 1. The van der Waals surface area contributed by atoms with Crippen LogP contribution in [0.1, 0.15) is 0 Å². The van der Waals surface area contributed by atoms with Crippen molar-refractivity contribution in [3.63, 3.8) is 0 Å². The van der Waals surface area contributed by atoms with Gasteiger partial charge in [0.25, 0.3) is 0 Å². The summed E-state index contributed by atoms with van der Waals surface area (Å²) >= 11 is 7.35. The Labute approximate surface area is 150 Å². The summed E-state index contributed by atoms with van der Waals surface area (Å²) in [5.41, 5.74) is 0. The third-order valence-electron chi connectivity index (χ3n) is 3.65. The molecule has 1 unspecified atom stereocenters.